The van der Waals surface area contributed by atoms with Crippen molar-refractivity contribution >= 4 is 28.8 Å². The molecule has 2 rings (SSSR count). The highest BCUT2D eigenvalue weighted by Gasteiger charge is 2.53. The molecule has 2 saturated heterocycles. The zero-order valence-corrected chi connectivity index (χ0v) is 45.8. The van der Waals surface area contributed by atoms with Crippen LogP contribution < -0.4 is 0 Å². The zero-order valence-electron chi connectivity index (χ0n) is 43.8. The maximum absolute atomic E-state index is 13.2. The average molecular weight is 948 g/mol. The van der Waals surface area contributed by atoms with E-state index in [9.17, 15) is 9.59 Å². The number of hydrogen-bond donors (Lipinski definition) is 0. The van der Waals surface area contributed by atoms with Crippen molar-refractivity contribution in [1.29, 1.82) is 0 Å². The number of unbranched alkanes of at least 4 members (excludes halogenated alkanes) is 9. The molecule has 11 heteroatoms. The van der Waals surface area contributed by atoms with Gasteiger partial charge < -0.3 is 32.2 Å². The van der Waals surface area contributed by atoms with Crippen LogP contribution in [0.4, 0.5) is 0 Å². The maximum atomic E-state index is 13.2. The van der Waals surface area contributed by atoms with Crippen molar-refractivity contribution in [1.82, 2.24) is 0 Å². The zero-order chi connectivity index (χ0) is 48.8. The molecular weight excluding hydrogens is 849 g/mol. The quantitative estimate of drug-likeness (QED) is 0.0202. The van der Waals surface area contributed by atoms with E-state index in [1.54, 1.807) is 6.08 Å². The van der Waals surface area contributed by atoms with Gasteiger partial charge in [0.1, 0.15) is 0 Å². The summed E-state index contributed by atoms with van der Waals surface area (Å²) >= 11 is 0. The van der Waals surface area contributed by atoms with E-state index < -0.39 is 46.4 Å². The number of carbonyl (C=O) groups excluding carboxylic acids is 2. The first kappa shape index (κ1) is 59.3. The van der Waals surface area contributed by atoms with E-state index in [-0.39, 0.29) is 54.4 Å². The number of methoxy groups -OCH3 is 2. The summed E-state index contributed by atoms with van der Waals surface area (Å²) in [4.78, 5) is 26.4. The third-order valence-corrected chi connectivity index (χ3v) is 25.3. The highest BCUT2D eigenvalue weighted by Crippen LogP contribution is 2.46. The SMILES string of the molecule is C=CC[C@@H]1CC[C@@H]([C@H](C=CCC(CC=C)(C(=O)OC)C(=O)OC)O[Si](O[C@H](C=C)[C@@H]2CC[C@@H]([C@@H](CCCCCCCCCCCC)O[Si](C(C)C)(C(C)C)C(C)C)O2)(C(C)C)C(C)C)O1. The van der Waals surface area contributed by atoms with Crippen LogP contribution in [-0.2, 0) is 41.8 Å². The van der Waals surface area contributed by atoms with Crippen LogP contribution in [-0.4, -0.2) is 85.8 Å². The van der Waals surface area contributed by atoms with Gasteiger partial charge in [-0.3, -0.25) is 9.59 Å². The van der Waals surface area contributed by atoms with Crippen molar-refractivity contribution in [3.63, 3.8) is 0 Å². The van der Waals surface area contributed by atoms with E-state index in [4.69, 9.17) is 32.2 Å². The van der Waals surface area contributed by atoms with Crippen molar-refractivity contribution in [2.45, 2.75) is 262 Å². The minimum Gasteiger partial charge on any atom is -0.468 e. The van der Waals surface area contributed by atoms with Gasteiger partial charge in [0.05, 0.1) is 56.9 Å². The second kappa shape index (κ2) is 29.9. The van der Waals surface area contributed by atoms with Crippen LogP contribution in [0.1, 0.15) is 192 Å². The van der Waals surface area contributed by atoms with Crippen LogP contribution in [0.3, 0.4) is 0 Å². The van der Waals surface area contributed by atoms with Gasteiger partial charge in [-0.2, -0.15) is 0 Å². The van der Waals surface area contributed by atoms with Crippen LogP contribution in [0, 0.1) is 5.41 Å². The molecule has 0 radical (unpaired) electrons. The van der Waals surface area contributed by atoms with E-state index in [1.165, 1.54) is 72.0 Å². The standard InChI is InChI=1S/C54H98O9Si2/c1-17-21-22-23-24-25-26-27-28-29-32-50(61-64(40(5)6,41(7)8)42(9)10)49-37-36-47(60-49)46(20-4)62-65(43(11)12,44(13)14)63-51(48-35-34-45(59-48)31-18-2)33-30-39-54(38-19-3,52(55)57-15)53(56)58-16/h18-20,30,33,40-51H,2-4,17,21-29,31-32,34-39H2,1,5-16H3/t45-,46-,47+,48+,49+,50-,51+/m1/s1. The first-order valence-corrected chi connectivity index (χ1v) is 30.0. The third kappa shape index (κ3) is 16.4. The van der Waals surface area contributed by atoms with Gasteiger partial charge in [0, 0.05) is 0 Å². The van der Waals surface area contributed by atoms with Crippen molar-refractivity contribution < 1.29 is 41.8 Å². The van der Waals surface area contributed by atoms with Crippen LogP contribution in [0.15, 0.2) is 50.1 Å². The van der Waals surface area contributed by atoms with Crippen molar-refractivity contribution in [2.75, 3.05) is 14.2 Å². The molecule has 2 aliphatic heterocycles. The largest absolute Gasteiger partial charge is 0.468 e. The Morgan fingerprint density at radius 3 is 1.58 bits per heavy atom. The first-order valence-electron chi connectivity index (χ1n) is 25.9. The van der Waals surface area contributed by atoms with Crippen molar-refractivity contribution in [2.24, 2.45) is 5.41 Å². The predicted molar refractivity (Wildman–Crippen MR) is 274 cm³/mol. The lowest BCUT2D eigenvalue weighted by atomic mass is 9.80. The third-order valence-electron chi connectivity index (χ3n) is 14.6. The lowest BCUT2D eigenvalue weighted by molar-refractivity contribution is -0.168. The topological polar surface area (TPSA) is 98.8 Å². The molecule has 0 amide bonds. The smallest absolute Gasteiger partial charge is 0.344 e. The van der Waals surface area contributed by atoms with Crippen LogP contribution in [0.5, 0.6) is 0 Å². The van der Waals surface area contributed by atoms with Gasteiger partial charge in [-0.25, -0.2) is 0 Å². The summed E-state index contributed by atoms with van der Waals surface area (Å²) in [6.07, 6.45) is 26.2. The van der Waals surface area contributed by atoms with Crippen LogP contribution in [0.2, 0.25) is 27.7 Å². The molecule has 0 saturated carbocycles. The number of carbonyl (C=O) groups is 2. The normalized spacial score (nSPS) is 21.2. The molecule has 2 heterocycles. The van der Waals surface area contributed by atoms with Gasteiger partial charge >= 0.3 is 20.5 Å². The molecule has 0 unspecified atom stereocenters. The molecule has 0 aromatic carbocycles. The lowest BCUT2D eigenvalue weighted by Gasteiger charge is -2.46. The lowest BCUT2D eigenvalue weighted by Crippen LogP contribution is -2.55. The Kier molecular flexibility index (Phi) is 27.3. The fourth-order valence-corrected chi connectivity index (χ4v) is 20.5. The van der Waals surface area contributed by atoms with Gasteiger partial charge in [0.2, 0.25) is 8.32 Å². The highest BCUT2D eigenvalue weighted by atomic mass is 28.4. The van der Waals surface area contributed by atoms with Gasteiger partial charge in [0.25, 0.3) is 0 Å². The van der Waals surface area contributed by atoms with E-state index >= 15 is 0 Å². The fraction of sp³-hybridized carbons (Fsp3) is 0.815. The molecule has 2 aliphatic rings. The van der Waals surface area contributed by atoms with Gasteiger partial charge in [-0.15, -0.1) is 19.7 Å². The molecule has 0 aliphatic carbocycles. The molecular formula is C54H98O9Si2. The molecule has 0 bridgehead atoms. The predicted octanol–water partition coefficient (Wildman–Crippen LogP) is 14.6. The summed E-state index contributed by atoms with van der Waals surface area (Å²) in [5.41, 5.74) is -0.0194. The number of allylic oxidation sites excluding steroid dienone is 2. The summed E-state index contributed by atoms with van der Waals surface area (Å²) in [6, 6.07) is 0. The molecule has 0 N–H and O–H groups in total. The molecule has 7 atom stereocenters. The molecule has 9 nitrogen and oxygen atoms in total. The second-order valence-corrected chi connectivity index (χ2v) is 30.4. The Hall–Kier alpha value is -1.87. The Balaban J connectivity index is 2.47. The number of esters is 2. The van der Waals surface area contributed by atoms with Crippen LogP contribution >= 0.6 is 0 Å². The number of hydrogen-bond acceptors (Lipinski definition) is 9. The first-order chi connectivity index (χ1) is 30.9. The summed E-state index contributed by atoms with van der Waals surface area (Å²) in [7, 11) is -2.78. The Bertz CT molecular complexity index is 1380. The second-order valence-electron chi connectivity index (χ2n) is 20.8. The molecule has 2 fully saturated rings. The summed E-state index contributed by atoms with van der Waals surface area (Å²) in [5, 5.41) is 0. The Labute approximate surface area is 401 Å². The van der Waals surface area contributed by atoms with Crippen molar-refractivity contribution in [3.8, 4) is 0 Å². The van der Waals surface area contributed by atoms with Crippen molar-refractivity contribution in [3.05, 3.63) is 50.1 Å². The highest BCUT2D eigenvalue weighted by molar-refractivity contribution is 6.77. The van der Waals surface area contributed by atoms with Gasteiger partial charge in [-0.05, 0) is 79.1 Å². The molecule has 0 aromatic rings. The Morgan fingerprint density at radius 2 is 1.11 bits per heavy atom. The van der Waals surface area contributed by atoms with Crippen LogP contribution in [0.25, 0.3) is 0 Å². The van der Waals surface area contributed by atoms with E-state index in [0.29, 0.717) is 16.6 Å². The minimum absolute atomic E-state index is 0.0207. The number of ether oxygens (including phenoxy) is 4. The summed E-state index contributed by atoms with van der Waals surface area (Å²) in [5.74, 6) is -1.34. The molecule has 0 spiro atoms. The summed E-state index contributed by atoms with van der Waals surface area (Å²) in [6.45, 7) is 37.4. The minimum atomic E-state index is -3.15. The molecule has 0 aromatic heterocycles. The fourth-order valence-electron chi connectivity index (χ4n) is 11.1. The van der Waals surface area contributed by atoms with E-state index in [1.807, 2.05) is 24.3 Å². The van der Waals surface area contributed by atoms with Gasteiger partial charge in [-0.1, -0.05) is 171 Å². The maximum Gasteiger partial charge on any atom is 0.344 e. The average Bonchev–Trinajstić information content (AvgIpc) is 3.95. The van der Waals surface area contributed by atoms with Gasteiger partial charge in [0.15, 0.2) is 5.41 Å². The Morgan fingerprint density at radius 1 is 0.615 bits per heavy atom. The van der Waals surface area contributed by atoms with E-state index in [0.717, 1.165) is 44.9 Å². The van der Waals surface area contributed by atoms with E-state index in [2.05, 4.69) is 95.9 Å². The number of rotatable bonds is 35. The molecule has 65 heavy (non-hydrogen) atoms. The summed E-state index contributed by atoms with van der Waals surface area (Å²) < 4.78 is 46.6. The molecule has 376 valence electrons. The monoisotopic (exact) mass is 947 g/mol.